The Bertz CT molecular complexity index is 462. The molecule has 0 aliphatic carbocycles. The molecule has 12 heteroatoms. The van der Waals surface area contributed by atoms with Crippen LogP contribution in [-0.4, -0.2) is 98.1 Å². The number of aliphatic hydroxyl groups excluding tert-OH is 3. The summed E-state index contributed by atoms with van der Waals surface area (Å²) in [6, 6.07) is -0.977. The zero-order valence-electron chi connectivity index (χ0n) is 14.6. The highest BCUT2D eigenvalue weighted by Gasteiger charge is 2.45. The summed E-state index contributed by atoms with van der Waals surface area (Å²) in [4.78, 5) is 13.9. The number of carbonyl (C=O) groups excluding carboxylic acids is 1. The highest BCUT2D eigenvalue weighted by atomic mass is 16.7. The van der Waals surface area contributed by atoms with Crippen molar-refractivity contribution in [3.8, 4) is 0 Å². The Hall–Kier alpha value is -1.50. The number of ether oxygens (including phenoxy) is 4. The molecule has 1 fully saturated rings. The minimum atomic E-state index is -1.35. The minimum absolute atomic E-state index is 0.0977. The van der Waals surface area contributed by atoms with Gasteiger partial charge in [-0.2, -0.15) is 0 Å². The summed E-state index contributed by atoms with van der Waals surface area (Å²) in [5, 5.41) is 35.0. The van der Waals surface area contributed by atoms with E-state index in [-0.39, 0.29) is 19.8 Å². The maximum atomic E-state index is 11.3. The molecule has 0 bridgehead atoms. The van der Waals surface area contributed by atoms with Gasteiger partial charge >= 0.3 is 0 Å². The fourth-order valence-corrected chi connectivity index (χ4v) is 2.31. The van der Waals surface area contributed by atoms with Gasteiger partial charge in [-0.15, -0.1) is 0 Å². The van der Waals surface area contributed by atoms with E-state index in [4.69, 9.17) is 24.5 Å². The standard InChI is InChI=1S/C14H26N4O8/c1-9(20)17-11-13(22)12(21)10(8-19)26-14(11)25-7-6-24-5-4-23-3-2-16-18-15/h10-14,19,21-22H,2-8H2,1H3,(H,17,20)/t10-,11+,12-,13-,14-/m1/s1. The number of carbonyl (C=O) groups is 1. The third-order valence-electron chi connectivity index (χ3n) is 3.53. The number of rotatable bonds is 12. The molecule has 1 saturated heterocycles. The van der Waals surface area contributed by atoms with Crippen molar-refractivity contribution in [1.29, 1.82) is 0 Å². The van der Waals surface area contributed by atoms with Gasteiger partial charge in [-0.25, -0.2) is 0 Å². The third-order valence-corrected chi connectivity index (χ3v) is 3.53. The van der Waals surface area contributed by atoms with Gasteiger partial charge in [0.15, 0.2) is 6.29 Å². The van der Waals surface area contributed by atoms with Crippen molar-refractivity contribution in [2.24, 2.45) is 5.11 Å². The van der Waals surface area contributed by atoms with Crippen LogP contribution >= 0.6 is 0 Å². The molecule has 0 unspecified atom stereocenters. The molecule has 12 nitrogen and oxygen atoms in total. The van der Waals surface area contributed by atoms with Gasteiger partial charge in [0.25, 0.3) is 0 Å². The third kappa shape index (κ3) is 7.81. The van der Waals surface area contributed by atoms with E-state index in [2.05, 4.69) is 15.3 Å². The number of nitrogens with one attached hydrogen (secondary N) is 1. The maximum absolute atomic E-state index is 11.3. The van der Waals surface area contributed by atoms with E-state index in [1.54, 1.807) is 0 Å². The Morgan fingerprint density at radius 1 is 1.19 bits per heavy atom. The predicted molar refractivity (Wildman–Crippen MR) is 87.0 cm³/mol. The first kappa shape index (κ1) is 22.5. The molecule has 0 saturated carbocycles. The van der Waals surface area contributed by atoms with Crippen molar-refractivity contribution < 1.29 is 39.1 Å². The highest BCUT2D eigenvalue weighted by Crippen LogP contribution is 2.22. The van der Waals surface area contributed by atoms with Crippen LogP contribution in [0.5, 0.6) is 0 Å². The first-order valence-corrected chi connectivity index (χ1v) is 8.18. The van der Waals surface area contributed by atoms with Gasteiger partial charge in [0.05, 0.1) is 39.6 Å². The summed E-state index contributed by atoms with van der Waals surface area (Å²) < 4.78 is 21.3. The summed E-state index contributed by atoms with van der Waals surface area (Å²) in [7, 11) is 0. The van der Waals surface area contributed by atoms with Crippen LogP contribution in [0.3, 0.4) is 0 Å². The number of azide groups is 1. The molecule has 1 aliphatic heterocycles. The summed E-state index contributed by atoms with van der Waals surface area (Å²) in [5.41, 5.74) is 8.09. The average Bonchev–Trinajstić information content (AvgIpc) is 2.62. The molecule has 5 atom stereocenters. The Morgan fingerprint density at radius 3 is 2.46 bits per heavy atom. The first-order valence-electron chi connectivity index (χ1n) is 8.18. The van der Waals surface area contributed by atoms with Gasteiger partial charge in [0.1, 0.15) is 24.4 Å². The van der Waals surface area contributed by atoms with Gasteiger partial charge in [-0.3, -0.25) is 4.79 Å². The number of amides is 1. The maximum Gasteiger partial charge on any atom is 0.217 e. The van der Waals surface area contributed by atoms with Gasteiger partial charge in [-0.1, -0.05) is 5.11 Å². The van der Waals surface area contributed by atoms with Crippen molar-refractivity contribution in [2.45, 2.75) is 37.6 Å². The quantitative estimate of drug-likeness (QED) is 0.134. The second-order valence-corrected chi connectivity index (χ2v) is 5.48. The molecule has 0 spiro atoms. The van der Waals surface area contributed by atoms with E-state index in [1.807, 2.05) is 0 Å². The Morgan fingerprint density at radius 2 is 1.85 bits per heavy atom. The molecular weight excluding hydrogens is 352 g/mol. The predicted octanol–water partition coefficient (Wildman–Crippen LogP) is -1.71. The van der Waals surface area contributed by atoms with Crippen LogP contribution in [0.1, 0.15) is 6.92 Å². The summed E-state index contributed by atoms with van der Waals surface area (Å²) >= 11 is 0. The van der Waals surface area contributed by atoms with E-state index < -0.39 is 43.2 Å². The van der Waals surface area contributed by atoms with Crippen LogP contribution < -0.4 is 5.32 Å². The van der Waals surface area contributed by atoms with E-state index >= 15 is 0 Å². The minimum Gasteiger partial charge on any atom is -0.394 e. The Balaban J connectivity index is 2.30. The van der Waals surface area contributed by atoms with E-state index in [1.165, 1.54) is 6.92 Å². The average molecular weight is 378 g/mol. The zero-order valence-corrected chi connectivity index (χ0v) is 14.6. The van der Waals surface area contributed by atoms with Gasteiger partial charge in [0.2, 0.25) is 5.91 Å². The molecule has 0 aromatic carbocycles. The number of nitrogens with zero attached hydrogens (tertiary/aromatic N) is 3. The Labute approximate surface area is 150 Å². The van der Waals surface area contributed by atoms with Gasteiger partial charge < -0.3 is 39.6 Å². The van der Waals surface area contributed by atoms with Crippen LogP contribution in [0.25, 0.3) is 10.4 Å². The van der Waals surface area contributed by atoms with Crippen molar-refractivity contribution in [2.75, 3.05) is 46.2 Å². The van der Waals surface area contributed by atoms with Crippen LogP contribution in [0.2, 0.25) is 0 Å². The van der Waals surface area contributed by atoms with Crippen molar-refractivity contribution in [3.63, 3.8) is 0 Å². The fourth-order valence-electron chi connectivity index (χ4n) is 2.31. The van der Waals surface area contributed by atoms with Gasteiger partial charge in [0, 0.05) is 18.4 Å². The van der Waals surface area contributed by atoms with Crippen LogP contribution in [0.4, 0.5) is 0 Å². The zero-order chi connectivity index (χ0) is 19.4. The summed E-state index contributed by atoms with van der Waals surface area (Å²) in [5.74, 6) is -0.421. The fraction of sp³-hybridized carbons (Fsp3) is 0.929. The van der Waals surface area contributed by atoms with Crippen molar-refractivity contribution in [1.82, 2.24) is 5.32 Å². The summed E-state index contributed by atoms with van der Waals surface area (Å²) in [6.45, 7) is 2.25. The number of hydrogen-bond donors (Lipinski definition) is 4. The van der Waals surface area contributed by atoms with Crippen LogP contribution in [0, 0.1) is 0 Å². The van der Waals surface area contributed by atoms with Crippen molar-refractivity contribution >= 4 is 5.91 Å². The van der Waals surface area contributed by atoms with E-state index in [0.29, 0.717) is 19.8 Å². The molecule has 1 heterocycles. The molecule has 0 aromatic heterocycles. The molecule has 26 heavy (non-hydrogen) atoms. The van der Waals surface area contributed by atoms with Crippen molar-refractivity contribution in [3.05, 3.63) is 10.4 Å². The second kappa shape index (κ2) is 12.8. The SMILES string of the molecule is CC(=O)N[C@@H]1[C@H](OCCOCCOCCN=[N+]=[N-])O[C@H](CO)[C@@H](O)[C@@H]1O. The molecule has 150 valence electrons. The lowest BCUT2D eigenvalue weighted by Gasteiger charge is -2.42. The lowest BCUT2D eigenvalue weighted by atomic mass is 9.97. The Kier molecular flexibility index (Phi) is 11.1. The molecule has 1 rings (SSSR count). The van der Waals surface area contributed by atoms with Gasteiger partial charge in [-0.05, 0) is 5.53 Å². The highest BCUT2D eigenvalue weighted by molar-refractivity contribution is 5.73. The van der Waals surface area contributed by atoms with Crippen LogP contribution in [-0.2, 0) is 23.7 Å². The monoisotopic (exact) mass is 378 g/mol. The molecule has 1 amide bonds. The molecule has 1 aliphatic rings. The smallest absolute Gasteiger partial charge is 0.217 e. The molecular formula is C14H26N4O8. The van der Waals surface area contributed by atoms with E-state index in [9.17, 15) is 20.1 Å². The largest absolute Gasteiger partial charge is 0.394 e. The van der Waals surface area contributed by atoms with E-state index in [0.717, 1.165) is 0 Å². The number of aliphatic hydroxyl groups is 3. The first-order chi connectivity index (χ1) is 12.5. The summed E-state index contributed by atoms with van der Waals surface area (Å²) in [6.07, 6.45) is -4.76. The topological polar surface area (TPSA) is 175 Å². The lowest BCUT2D eigenvalue weighted by Crippen LogP contribution is -2.64. The van der Waals surface area contributed by atoms with Crippen LogP contribution in [0.15, 0.2) is 5.11 Å². The lowest BCUT2D eigenvalue weighted by molar-refractivity contribution is -0.272. The molecule has 0 radical (unpaired) electrons. The number of hydrogen-bond acceptors (Lipinski definition) is 9. The normalized spacial score (nSPS) is 28.4. The second-order valence-electron chi connectivity index (χ2n) is 5.48. The molecule has 0 aromatic rings. The molecule has 4 N–H and O–H groups in total.